The van der Waals surface area contributed by atoms with E-state index in [-0.39, 0.29) is 29.0 Å². The van der Waals surface area contributed by atoms with Crippen LogP contribution in [0.25, 0.3) is 10.8 Å². The third-order valence-electron chi connectivity index (χ3n) is 4.12. The number of nitrogens with one attached hydrogen (secondary N) is 1. The third kappa shape index (κ3) is 4.53. The predicted molar refractivity (Wildman–Crippen MR) is 108 cm³/mol. The van der Waals surface area contributed by atoms with Crippen LogP contribution in [0.4, 0.5) is 0 Å². The van der Waals surface area contributed by atoms with Gasteiger partial charge in [0.2, 0.25) is 0 Å². The SMILES string of the molecule is COc1cc(C(=O)NCc2ccc3ccccc3c2)cc(Cl)c1OCC(N)=O. The lowest BCUT2D eigenvalue weighted by atomic mass is 10.1. The van der Waals surface area contributed by atoms with Crippen LogP contribution in [0.1, 0.15) is 15.9 Å². The predicted octanol–water partition coefficient (Wildman–Crippen LogP) is 3.30. The highest BCUT2D eigenvalue weighted by Crippen LogP contribution is 2.36. The Bertz CT molecular complexity index is 1040. The van der Waals surface area contributed by atoms with Crippen molar-refractivity contribution in [3.8, 4) is 11.5 Å². The zero-order valence-corrected chi connectivity index (χ0v) is 16.0. The van der Waals surface area contributed by atoms with E-state index in [1.807, 2.05) is 42.5 Å². The maximum atomic E-state index is 12.5. The minimum atomic E-state index is -0.643. The molecule has 2 amide bonds. The van der Waals surface area contributed by atoms with E-state index in [9.17, 15) is 9.59 Å². The third-order valence-corrected chi connectivity index (χ3v) is 4.40. The highest BCUT2D eigenvalue weighted by Gasteiger charge is 2.16. The first-order valence-electron chi connectivity index (χ1n) is 8.52. The molecule has 0 bridgehead atoms. The molecule has 0 aliphatic heterocycles. The molecular formula is C21H19ClN2O4. The number of nitrogens with two attached hydrogens (primary N) is 1. The van der Waals surface area contributed by atoms with Crippen LogP contribution in [0.5, 0.6) is 11.5 Å². The molecule has 28 heavy (non-hydrogen) atoms. The first kappa shape index (κ1) is 19.5. The largest absolute Gasteiger partial charge is 0.493 e. The lowest BCUT2D eigenvalue weighted by Crippen LogP contribution is -2.23. The molecule has 0 saturated heterocycles. The van der Waals surface area contributed by atoms with Crippen molar-refractivity contribution >= 4 is 34.2 Å². The molecule has 0 aliphatic rings. The van der Waals surface area contributed by atoms with Gasteiger partial charge in [0.05, 0.1) is 12.1 Å². The van der Waals surface area contributed by atoms with E-state index in [2.05, 4.69) is 5.32 Å². The van der Waals surface area contributed by atoms with Crippen LogP contribution in [0.3, 0.4) is 0 Å². The van der Waals surface area contributed by atoms with Gasteiger partial charge < -0.3 is 20.5 Å². The van der Waals surface area contributed by atoms with Gasteiger partial charge in [-0.2, -0.15) is 0 Å². The van der Waals surface area contributed by atoms with Crippen LogP contribution in [0.2, 0.25) is 5.02 Å². The lowest BCUT2D eigenvalue weighted by molar-refractivity contribution is -0.119. The second-order valence-electron chi connectivity index (χ2n) is 6.11. The van der Waals surface area contributed by atoms with E-state index in [0.717, 1.165) is 16.3 Å². The molecule has 0 fully saturated rings. The van der Waals surface area contributed by atoms with E-state index in [0.29, 0.717) is 12.1 Å². The Morgan fingerprint density at radius 1 is 1.07 bits per heavy atom. The van der Waals surface area contributed by atoms with Crippen molar-refractivity contribution in [1.82, 2.24) is 5.32 Å². The van der Waals surface area contributed by atoms with E-state index >= 15 is 0 Å². The van der Waals surface area contributed by atoms with E-state index in [1.165, 1.54) is 19.2 Å². The van der Waals surface area contributed by atoms with Gasteiger partial charge in [-0.25, -0.2) is 0 Å². The fraction of sp³-hybridized carbons (Fsp3) is 0.143. The first-order chi connectivity index (χ1) is 13.5. The number of rotatable bonds is 7. The van der Waals surface area contributed by atoms with Crippen molar-refractivity contribution in [1.29, 1.82) is 0 Å². The molecule has 3 rings (SSSR count). The molecule has 7 heteroatoms. The van der Waals surface area contributed by atoms with Gasteiger partial charge in [-0.05, 0) is 34.5 Å². The summed E-state index contributed by atoms with van der Waals surface area (Å²) in [7, 11) is 1.42. The molecule has 0 heterocycles. The van der Waals surface area contributed by atoms with Crippen molar-refractivity contribution in [2.45, 2.75) is 6.54 Å². The molecule has 3 N–H and O–H groups in total. The Morgan fingerprint density at radius 2 is 1.82 bits per heavy atom. The normalized spacial score (nSPS) is 10.5. The highest BCUT2D eigenvalue weighted by atomic mass is 35.5. The topological polar surface area (TPSA) is 90.7 Å². The number of fused-ring (bicyclic) bond motifs is 1. The quantitative estimate of drug-likeness (QED) is 0.638. The molecule has 6 nitrogen and oxygen atoms in total. The number of methoxy groups -OCH3 is 1. The number of ether oxygens (including phenoxy) is 2. The molecule has 0 unspecified atom stereocenters. The summed E-state index contributed by atoms with van der Waals surface area (Å²) in [5.41, 5.74) is 6.37. The van der Waals surface area contributed by atoms with Crippen LogP contribution < -0.4 is 20.5 Å². The summed E-state index contributed by atoms with van der Waals surface area (Å²) in [6.45, 7) is 0.0209. The maximum absolute atomic E-state index is 12.5. The van der Waals surface area contributed by atoms with Gasteiger partial charge >= 0.3 is 0 Å². The van der Waals surface area contributed by atoms with Crippen molar-refractivity contribution in [2.75, 3.05) is 13.7 Å². The van der Waals surface area contributed by atoms with E-state index in [1.54, 1.807) is 0 Å². The number of primary amides is 1. The summed E-state index contributed by atoms with van der Waals surface area (Å²) in [4.78, 5) is 23.4. The zero-order valence-electron chi connectivity index (χ0n) is 15.2. The Kier molecular flexibility index (Phi) is 6.01. The molecule has 0 aromatic heterocycles. The van der Waals surface area contributed by atoms with Gasteiger partial charge in [-0.1, -0.05) is 48.0 Å². The number of carbonyl (C=O) groups is 2. The average molecular weight is 399 g/mol. The van der Waals surface area contributed by atoms with Crippen LogP contribution >= 0.6 is 11.6 Å². The number of halogens is 1. The van der Waals surface area contributed by atoms with Crippen molar-refractivity contribution in [3.05, 3.63) is 70.7 Å². The second-order valence-corrected chi connectivity index (χ2v) is 6.52. The Labute approximate surface area is 167 Å². The lowest BCUT2D eigenvalue weighted by Gasteiger charge is -2.13. The molecule has 144 valence electrons. The molecule has 3 aromatic rings. The summed E-state index contributed by atoms with van der Waals surface area (Å²) in [5.74, 6) is -0.552. The summed E-state index contributed by atoms with van der Waals surface area (Å²) in [5, 5.41) is 5.26. The Morgan fingerprint density at radius 3 is 2.54 bits per heavy atom. The van der Waals surface area contributed by atoms with Crippen LogP contribution in [-0.4, -0.2) is 25.5 Å². The average Bonchev–Trinajstić information content (AvgIpc) is 2.70. The molecule has 3 aromatic carbocycles. The Balaban J connectivity index is 1.74. The number of carbonyl (C=O) groups excluding carboxylic acids is 2. The van der Waals surface area contributed by atoms with Crippen LogP contribution in [0, 0.1) is 0 Å². The van der Waals surface area contributed by atoms with Crippen molar-refractivity contribution in [3.63, 3.8) is 0 Å². The Hall–Kier alpha value is -3.25. The van der Waals surface area contributed by atoms with Crippen molar-refractivity contribution in [2.24, 2.45) is 5.73 Å². The fourth-order valence-electron chi connectivity index (χ4n) is 2.77. The molecular weight excluding hydrogens is 380 g/mol. The smallest absolute Gasteiger partial charge is 0.255 e. The van der Waals surface area contributed by atoms with Crippen molar-refractivity contribution < 1.29 is 19.1 Å². The number of amides is 2. The summed E-state index contributed by atoms with van der Waals surface area (Å²) >= 11 is 6.19. The van der Waals surface area contributed by atoms with Gasteiger partial charge in [-0.15, -0.1) is 0 Å². The maximum Gasteiger partial charge on any atom is 0.255 e. The van der Waals surface area contributed by atoms with Gasteiger partial charge in [0.25, 0.3) is 11.8 Å². The molecule has 0 radical (unpaired) electrons. The first-order valence-corrected chi connectivity index (χ1v) is 8.90. The van der Waals surface area contributed by atoms with Crippen LogP contribution in [-0.2, 0) is 11.3 Å². The molecule has 0 saturated carbocycles. The monoisotopic (exact) mass is 398 g/mol. The van der Waals surface area contributed by atoms with Gasteiger partial charge in [-0.3, -0.25) is 9.59 Å². The summed E-state index contributed by atoms with van der Waals surface area (Å²) in [6, 6.07) is 17.0. The van der Waals surface area contributed by atoms with E-state index in [4.69, 9.17) is 26.8 Å². The van der Waals surface area contributed by atoms with E-state index < -0.39 is 5.91 Å². The summed E-state index contributed by atoms with van der Waals surface area (Å²) in [6.07, 6.45) is 0. The number of benzene rings is 3. The minimum absolute atomic E-state index is 0.149. The fourth-order valence-corrected chi connectivity index (χ4v) is 3.03. The van der Waals surface area contributed by atoms with Gasteiger partial charge in [0, 0.05) is 12.1 Å². The van der Waals surface area contributed by atoms with Crippen LogP contribution in [0.15, 0.2) is 54.6 Å². The zero-order chi connectivity index (χ0) is 20.1. The minimum Gasteiger partial charge on any atom is -0.493 e. The standard InChI is InChI=1S/C21H19ClN2O4/c1-27-18-10-16(9-17(22)20(18)28-12-19(23)25)21(26)24-11-13-6-7-14-4-2-3-5-15(14)8-13/h2-10H,11-12H2,1H3,(H2,23,25)(H,24,26). The molecule has 0 atom stereocenters. The summed E-state index contributed by atoms with van der Waals surface area (Å²) < 4.78 is 10.5. The van der Waals surface area contributed by atoms with Gasteiger partial charge in [0.1, 0.15) is 0 Å². The second kappa shape index (κ2) is 8.63. The number of hydrogen-bond donors (Lipinski definition) is 2. The number of hydrogen-bond acceptors (Lipinski definition) is 4. The molecule has 0 aliphatic carbocycles. The molecule has 0 spiro atoms. The highest BCUT2D eigenvalue weighted by molar-refractivity contribution is 6.32. The van der Waals surface area contributed by atoms with Gasteiger partial charge in [0.15, 0.2) is 18.1 Å².